The van der Waals surface area contributed by atoms with Crippen LogP contribution in [0.15, 0.2) is 35.1 Å². The fourth-order valence-electron chi connectivity index (χ4n) is 2.91. The number of hydrogen-bond acceptors (Lipinski definition) is 4. The van der Waals surface area contributed by atoms with Gasteiger partial charge >= 0.3 is 5.97 Å². The zero-order chi connectivity index (χ0) is 19.6. The monoisotopic (exact) mass is 369 g/mol. The van der Waals surface area contributed by atoms with Gasteiger partial charge in [-0.15, -0.1) is 0 Å². The highest BCUT2D eigenvalue weighted by Crippen LogP contribution is 2.34. The van der Waals surface area contributed by atoms with Gasteiger partial charge in [0.05, 0.1) is 19.3 Å². The second kappa shape index (κ2) is 7.70. The Labute approximate surface area is 157 Å². The van der Waals surface area contributed by atoms with Crippen molar-refractivity contribution in [2.75, 3.05) is 13.7 Å². The van der Waals surface area contributed by atoms with E-state index in [1.807, 2.05) is 0 Å². The molecule has 1 aliphatic rings. The van der Waals surface area contributed by atoms with Crippen LogP contribution in [0.25, 0.3) is 11.8 Å². The molecule has 142 valence electrons. The van der Waals surface area contributed by atoms with E-state index in [9.17, 15) is 14.7 Å². The minimum atomic E-state index is -1.06. The van der Waals surface area contributed by atoms with Crippen molar-refractivity contribution in [2.45, 2.75) is 26.7 Å². The number of aromatic nitrogens is 1. The van der Waals surface area contributed by atoms with Gasteiger partial charge in [0, 0.05) is 29.7 Å². The van der Waals surface area contributed by atoms with Crippen LogP contribution in [0.5, 0.6) is 11.5 Å². The van der Waals surface area contributed by atoms with E-state index >= 15 is 0 Å². The largest absolute Gasteiger partial charge is 0.493 e. The molecule has 1 aromatic heterocycles. The molecule has 6 nitrogen and oxygen atoms in total. The second-order valence-electron chi connectivity index (χ2n) is 6.81. The van der Waals surface area contributed by atoms with E-state index in [0.717, 1.165) is 12.8 Å². The van der Waals surface area contributed by atoms with E-state index in [0.29, 0.717) is 41.0 Å². The van der Waals surface area contributed by atoms with Crippen molar-refractivity contribution in [1.29, 1.82) is 0 Å². The van der Waals surface area contributed by atoms with E-state index in [4.69, 9.17) is 9.47 Å². The van der Waals surface area contributed by atoms with Gasteiger partial charge in [0.15, 0.2) is 16.9 Å². The maximum atomic E-state index is 11.9. The van der Waals surface area contributed by atoms with Crippen molar-refractivity contribution in [2.24, 2.45) is 5.92 Å². The Hall–Kier alpha value is -3.02. The fraction of sp³-hybridized carbons (Fsp3) is 0.333. The van der Waals surface area contributed by atoms with Crippen LogP contribution in [0.2, 0.25) is 0 Å². The molecule has 0 spiro atoms. The molecule has 1 saturated carbocycles. The molecular weight excluding hydrogens is 346 g/mol. The predicted octanol–water partition coefficient (Wildman–Crippen LogP) is 3.35. The predicted molar refractivity (Wildman–Crippen MR) is 103 cm³/mol. The summed E-state index contributed by atoms with van der Waals surface area (Å²) in [5.41, 5.74) is 1.83. The maximum Gasteiger partial charge on any atom is 0.337 e. The summed E-state index contributed by atoms with van der Waals surface area (Å²) in [6, 6.07) is 8.03. The van der Waals surface area contributed by atoms with Crippen LogP contribution in [0, 0.1) is 19.8 Å². The van der Waals surface area contributed by atoms with Gasteiger partial charge in [-0.05, 0) is 50.3 Å². The number of pyridine rings is 1. The molecule has 1 aromatic carbocycles. The second-order valence-corrected chi connectivity index (χ2v) is 6.81. The lowest BCUT2D eigenvalue weighted by molar-refractivity contribution is -0.130. The lowest BCUT2D eigenvalue weighted by Gasteiger charge is -2.14. The summed E-state index contributed by atoms with van der Waals surface area (Å²) in [6.07, 6.45) is 3.85. The lowest BCUT2D eigenvalue weighted by atomic mass is 10.1. The first-order valence-corrected chi connectivity index (χ1v) is 8.85. The Morgan fingerprint density at radius 1 is 1.19 bits per heavy atom. The standard InChI is InChI=1S/C21H23NO5/c1-13-8-17(23)9-14(2)22(13)11-18(21(24)25)16-6-7-19(26-3)20(10-16)27-12-15-4-5-15/h6-11,15H,4-5,12H2,1-3H3,(H,24,25)/b18-11-. The van der Waals surface area contributed by atoms with Crippen LogP contribution in [0.4, 0.5) is 0 Å². The number of carboxylic acids is 1. The minimum absolute atomic E-state index is 0.101. The Balaban J connectivity index is 2.03. The van der Waals surface area contributed by atoms with Crippen molar-refractivity contribution in [3.05, 3.63) is 57.5 Å². The van der Waals surface area contributed by atoms with Crippen molar-refractivity contribution in [3.8, 4) is 11.5 Å². The molecule has 0 saturated heterocycles. The molecule has 1 fully saturated rings. The average molecular weight is 369 g/mol. The van der Waals surface area contributed by atoms with Crippen molar-refractivity contribution >= 4 is 17.7 Å². The zero-order valence-corrected chi connectivity index (χ0v) is 15.7. The highest BCUT2D eigenvalue weighted by atomic mass is 16.5. The molecule has 1 N–H and O–H groups in total. The summed E-state index contributed by atoms with van der Waals surface area (Å²) < 4.78 is 12.9. The topological polar surface area (TPSA) is 77.8 Å². The van der Waals surface area contributed by atoms with E-state index < -0.39 is 5.97 Å². The number of carbonyl (C=O) groups is 1. The van der Waals surface area contributed by atoms with Gasteiger partial charge in [0.1, 0.15) is 0 Å². The van der Waals surface area contributed by atoms with Gasteiger partial charge < -0.3 is 19.1 Å². The number of aliphatic carboxylic acids is 1. The first-order valence-electron chi connectivity index (χ1n) is 8.85. The Bertz CT molecular complexity index is 927. The molecule has 0 atom stereocenters. The number of aryl methyl sites for hydroxylation is 2. The first-order chi connectivity index (χ1) is 12.9. The molecule has 0 bridgehead atoms. The molecule has 0 aliphatic heterocycles. The molecule has 0 unspecified atom stereocenters. The van der Waals surface area contributed by atoms with Crippen LogP contribution >= 0.6 is 0 Å². The highest BCUT2D eigenvalue weighted by molar-refractivity contribution is 6.19. The fourth-order valence-corrected chi connectivity index (χ4v) is 2.91. The summed E-state index contributed by atoms with van der Waals surface area (Å²) in [5.74, 6) is 0.604. The van der Waals surface area contributed by atoms with Gasteiger partial charge in [0.2, 0.25) is 0 Å². The van der Waals surface area contributed by atoms with Crippen LogP contribution in [0.3, 0.4) is 0 Å². The summed E-state index contributed by atoms with van der Waals surface area (Å²) in [5, 5.41) is 9.75. The number of ether oxygens (including phenoxy) is 2. The molecule has 1 heterocycles. The van der Waals surface area contributed by atoms with E-state index in [1.165, 1.54) is 18.3 Å². The van der Waals surface area contributed by atoms with Gasteiger partial charge in [0.25, 0.3) is 0 Å². The number of methoxy groups -OCH3 is 1. The van der Waals surface area contributed by atoms with Crippen LogP contribution in [-0.2, 0) is 4.79 Å². The third kappa shape index (κ3) is 4.39. The molecule has 0 radical (unpaired) electrons. The third-order valence-corrected chi connectivity index (χ3v) is 4.60. The van der Waals surface area contributed by atoms with Gasteiger partial charge in [-0.1, -0.05) is 6.07 Å². The molecule has 0 amide bonds. The first kappa shape index (κ1) is 18.8. The van der Waals surface area contributed by atoms with Crippen LogP contribution in [-0.4, -0.2) is 29.4 Å². The quantitative estimate of drug-likeness (QED) is 0.758. The molecule has 6 heteroatoms. The van der Waals surface area contributed by atoms with Gasteiger partial charge in [-0.25, -0.2) is 4.79 Å². The zero-order valence-electron chi connectivity index (χ0n) is 15.7. The normalized spacial score (nSPS) is 14.1. The summed E-state index contributed by atoms with van der Waals surface area (Å²) >= 11 is 0. The number of benzene rings is 1. The highest BCUT2D eigenvalue weighted by Gasteiger charge is 2.23. The minimum Gasteiger partial charge on any atom is -0.493 e. The molecule has 1 aliphatic carbocycles. The van der Waals surface area contributed by atoms with E-state index in [2.05, 4.69) is 0 Å². The van der Waals surface area contributed by atoms with E-state index in [-0.39, 0.29) is 11.0 Å². The van der Waals surface area contributed by atoms with Gasteiger partial charge in [-0.2, -0.15) is 0 Å². The number of nitrogens with zero attached hydrogens (tertiary/aromatic N) is 1. The maximum absolute atomic E-state index is 11.9. The SMILES string of the molecule is COc1ccc(/C(=C/n2c(C)cc(=O)cc2C)C(=O)O)cc1OCC1CC1. The Kier molecular flexibility index (Phi) is 5.35. The van der Waals surface area contributed by atoms with Crippen molar-refractivity contribution in [1.82, 2.24) is 4.57 Å². The van der Waals surface area contributed by atoms with E-state index in [1.54, 1.807) is 43.7 Å². The smallest absolute Gasteiger partial charge is 0.337 e. The number of carboxylic acid groups (broad SMARTS) is 1. The van der Waals surface area contributed by atoms with Crippen molar-refractivity contribution in [3.63, 3.8) is 0 Å². The van der Waals surface area contributed by atoms with Crippen LogP contribution in [0.1, 0.15) is 29.8 Å². The molecule has 2 aromatic rings. The average Bonchev–Trinajstić information content (AvgIpc) is 3.43. The number of rotatable bonds is 7. The summed E-state index contributed by atoms with van der Waals surface area (Å²) in [4.78, 5) is 23.5. The third-order valence-electron chi connectivity index (χ3n) is 4.60. The number of hydrogen-bond donors (Lipinski definition) is 1. The summed E-state index contributed by atoms with van der Waals surface area (Å²) in [7, 11) is 1.56. The molecular formula is C21H23NO5. The molecule has 27 heavy (non-hydrogen) atoms. The Morgan fingerprint density at radius 3 is 2.41 bits per heavy atom. The summed E-state index contributed by atoms with van der Waals surface area (Å²) in [6.45, 7) is 4.13. The lowest BCUT2D eigenvalue weighted by Crippen LogP contribution is -2.11. The van der Waals surface area contributed by atoms with Crippen molar-refractivity contribution < 1.29 is 19.4 Å². The van der Waals surface area contributed by atoms with Crippen LogP contribution < -0.4 is 14.9 Å². The van der Waals surface area contributed by atoms with Gasteiger partial charge in [-0.3, -0.25) is 4.79 Å². The Morgan fingerprint density at radius 2 is 1.85 bits per heavy atom. The molecule has 3 rings (SSSR count).